The number of carboxylic acids is 2. The van der Waals surface area contributed by atoms with Crippen LogP contribution in [0.15, 0.2) is 60.7 Å². The number of fused-ring (bicyclic) bond motifs is 2. The van der Waals surface area contributed by atoms with Gasteiger partial charge in [-0.1, -0.05) is 60.0 Å². The SMILES string of the molecule is O=C(O)c1ccc2cccc([O-])c2n1.O=C(O)c1ccc2cccc([O-])c2n1.[Cd+2]. The topological polar surface area (TPSA) is 146 Å². The number of aromatic carboxylic acids is 2. The Labute approximate surface area is 184 Å². The summed E-state index contributed by atoms with van der Waals surface area (Å²) in [7, 11) is 0. The van der Waals surface area contributed by atoms with Gasteiger partial charge in [0.05, 0.1) is 11.0 Å². The molecule has 0 saturated carbocycles. The van der Waals surface area contributed by atoms with Gasteiger partial charge in [0, 0.05) is 0 Å². The van der Waals surface area contributed by atoms with E-state index in [1.807, 2.05) is 0 Å². The van der Waals surface area contributed by atoms with Crippen molar-refractivity contribution < 1.29 is 57.3 Å². The number of pyridine rings is 2. The van der Waals surface area contributed by atoms with Gasteiger partial charge in [-0.05, 0) is 22.9 Å². The van der Waals surface area contributed by atoms with E-state index in [0.29, 0.717) is 10.8 Å². The standard InChI is InChI=1S/2C10H7NO3.Cd/c2*12-8-3-1-2-6-4-5-7(10(13)14)11-9(6)8;/h2*1-5,12H,(H,13,14);/q;;+2/p-2. The first-order chi connectivity index (χ1) is 13.4. The molecule has 0 amide bonds. The maximum absolute atomic E-state index is 11.3. The van der Waals surface area contributed by atoms with Gasteiger partial charge >= 0.3 is 39.2 Å². The Bertz CT molecular complexity index is 1120. The van der Waals surface area contributed by atoms with Crippen molar-refractivity contribution in [1.29, 1.82) is 0 Å². The van der Waals surface area contributed by atoms with E-state index in [4.69, 9.17) is 10.2 Å². The molecule has 0 bridgehead atoms. The molecule has 8 nitrogen and oxygen atoms in total. The van der Waals surface area contributed by atoms with E-state index in [1.54, 1.807) is 36.4 Å². The van der Waals surface area contributed by atoms with Crippen molar-refractivity contribution in [3.63, 3.8) is 0 Å². The molecule has 0 saturated heterocycles. The van der Waals surface area contributed by atoms with E-state index in [9.17, 15) is 19.8 Å². The quantitative estimate of drug-likeness (QED) is 0.407. The number of hydrogen-bond acceptors (Lipinski definition) is 6. The van der Waals surface area contributed by atoms with Crippen molar-refractivity contribution in [2.45, 2.75) is 0 Å². The number of carboxylic acid groups (broad SMARTS) is 2. The number of rotatable bonds is 2. The van der Waals surface area contributed by atoms with Crippen LogP contribution in [-0.2, 0) is 27.3 Å². The summed E-state index contributed by atoms with van der Waals surface area (Å²) >= 11 is 0. The van der Waals surface area contributed by atoms with E-state index in [0.717, 1.165) is 0 Å². The molecule has 0 radical (unpaired) electrons. The van der Waals surface area contributed by atoms with E-state index in [-0.39, 0.29) is 61.2 Å². The van der Waals surface area contributed by atoms with Crippen LogP contribution in [0.4, 0.5) is 0 Å². The third kappa shape index (κ3) is 4.96. The summed E-state index contributed by atoms with van der Waals surface area (Å²) < 4.78 is 0. The Morgan fingerprint density at radius 2 is 1.03 bits per heavy atom. The van der Waals surface area contributed by atoms with Crippen molar-refractivity contribution in [1.82, 2.24) is 9.97 Å². The van der Waals surface area contributed by atoms with Gasteiger partial charge in [0.2, 0.25) is 0 Å². The van der Waals surface area contributed by atoms with Crippen LogP contribution >= 0.6 is 0 Å². The Morgan fingerprint density at radius 3 is 1.38 bits per heavy atom. The molecule has 0 fully saturated rings. The summed E-state index contributed by atoms with van der Waals surface area (Å²) in [6.07, 6.45) is 0. The minimum atomic E-state index is -1.13. The van der Waals surface area contributed by atoms with Crippen LogP contribution in [0.5, 0.6) is 11.5 Å². The minimum Gasteiger partial charge on any atom is -0.871 e. The first-order valence-corrected chi connectivity index (χ1v) is 7.97. The van der Waals surface area contributed by atoms with Crippen molar-refractivity contribution in [3.05, 3.63) is 72.1 Å². The largest absolute Gasteiger partial charge is 2.00 e. The number of para-hydroxylation sites is 2. The van der Waals surface area contributed by atoms with Crippen LogP contribution in [-0.4, -0.2) is 32.1 Å². The summed E-state index contributed by atoms with van der Waals surface area (Å²) in [6.45, 7) is 0. The molecule has 29 heavy (non-hydrogen) atoms. The molecule has 0 aliphatic carbocycles. The average molecular weight is 489 g/mol. The third-order valence-corrected chi connectivity index (χ3v) is 3.80. The number of nitrogens with zero attached hydrogens (tertiary/aromatic N) is 2. The van der Waals surface area contributed by atoms with Crippen molar-refractivity contribution in [2.75, 3.05) is 0 Å². The van der Waals surface area contributed by atoms with Gasteiger partial charge in [-0.2, -0.15) is 0 Å². The molecule has 0 unspecified atom stereocenters. The van der Waals surface area contributed by atoms with Gasteiger partial charge in [-0.3, -0.25) is 0 Å². The zero-order chi connectivity index (χ0) is 20.3. The monoisotopic (exact) mass is 490 g/mol. The molecule has 2 heterocycles. The molecule has 2 aromatic heterocycles. The third-order valence-electron chi connectivity index (χ3n) is 3.80. The molecule has 2 aromatic carbocycles. The number of carbonyl (C=O) groups is 2. The fourth-order valence-electron chi connectivity index (χ4n) is 2.48. The van der Waals surface area contributed by atoms with Gasteiger partial charge in [0.25, 0.3) is 0 Å². The van der Waals surface area contributed by atoms with Crippen LogP contribution < -0.4 is 10.2 Å². The van der Waals surface area contributed by atoms with Gasteiger partial charge in [-0.25, -0.2) is 19.6 Å². The Morgan fingerprint density at radius 1 is 0.655 bits per heavy atom. The Kier molecular flexibility index (Phi) is 7.04. The van der Waals surface area contributed by atoms with Crippen LogP contribution in [0.3, 0.4) is 0 Å². The molecule has 0 aliphatic heterocycles. The van der Waals surface area contributed by atoms with Crippen LogP contribution in [0, 0.1) is 0 Å². The normalized spacial score (nSPS) is 9.93. The van der Waals surface area contributed by atoms with Gasteiger partial charge in [0.1, 0.15) is 11.4 Å². The summed E-state index contributed by atoms with van der Waals surface area (Å²) in [5.41, 5.74) is 0.182. The molecule has 0 spiro atoms. The van der Waals surface area contributed by atoms with Crippen LogP contribution in [0.1, 0.15) is 21.0 Å². The Hall–Kier alpha value is -3.28. The number of benzene rings is 2. The van der Waals surface area contributed by atoms with E-state index in [1.165, 1.54) is 24.3 Å². The summed E-state index contributed by atoms with van der Waals surface area (Å²) in [5.74, 6) is -2.78. The first-order valence-electron chi connectivity index (χ1n) is 7.97. The fraction of sp³-hybridized carbons (Fsp3) is 0. The second-order valence-corrected chi connectivity index (χ2v) is 5.66. The van der Waals surface area contributed by atoms with Crippen molar-refractivity contribution in [3.8, 4) is 11.5 Å². The minimum absolute atomic E-state index is 0. The second kappa shape index (κ2) is 9.28. The number of aromatic nitrogens is 2. The maximum atomic E-state index is 11.3. The molecule has 4 rings (SSSR count). The second-order valence-electron chi connectivity index (χ2n) is 5.66. The smallest absolute Gasteiger partial charge is 0.871 e. The molecule has 2 N–H and O–H groups in total. The van der Waals surface area contributed by atoms with Gasteiger partial charge < -0.3 is 20.4 Å². The zero-order valence-corrected chi connectivity index (χ0v) is 18.9. The zero-order valence-electron chi connectivity index (χ0n) is 14.9. The molecular weight excluding hydrogens is 477 g/mol. The molecule has 4 aromatic rings. The molecule has 0 atom stereocenters. The first kappa shape index (κ1) is 22.0. The van der Waals surface area contributed by atoms with Crippen molar-refractivity contribution >= 4 is 33.7 Å². The molecule has 140 valence electrons. The molecular formula is C20H12CdN2O6. The fourth-order valence-corrected chi connectivity index (χ4v) is 2.48. The summed E-state index contributed by atoms with van der Waals surface area (Å²) in [5, 5.41) is 41.2. The van der Waals surface area contributed by atoms with E-state index in [2.05, 4.69) is 9.97 Å². The van der Waals surface area contributed by atoms with E-state index >= 15 is 0 Å². The van der Waals surface area contributed by atoms with Crippen molar-refractivity contribution in [2.24, 2.45) is 0 Å². The maximum Gasteiger partial charge on any atom is 2.00 e. The predicted octanol–water partition coefficient (Wildman–Crippen LogP) is 2.01. The number of hydrogen-bond donors (Lipinski definition) is 2. The predicted molar refractivity (Wildman–Crippen MR) is 96.3 cm³/mol. The van der Waals surface area contributed by atoms with E-state index < -0.39 is 11.9 Å². The molecule has 9 heteroatoms. The Balaban J connectivity index is 0.000000200. The summed E-state index contributed by atoms with van der Waals surface area (Å²) in [6, 6.07) is 15.3. The molecule has 0 aliphatic rings. The van der Waals surface area contributed by atoms with Gasteiger partial charge in [-0.15, -0.1) is 0 Å². The van der Waals surface area contributed by atoms with Crippen LogP contribution in [0.2, 0.25) is 0 Å². The van der Waals surface area contributed by atoms with Gasteiger partial charge in [0.15, 0.2) is 0 Å². The summed E-state index contributed by atoms with van der Waals surface area (Å²) in [4.78, 5) is 28.7. The average Bonchev–Trinajstić information content (AvgIpc) is 2.68. The van der Waals surface area contributed by atoms with Crippen LogP contribution in [0.25, 0.3) is 21.8 Å².